The molecule has 0 aliphatic heterocycles. The van der Waals surface area contributed by atoms with Gasteiger partial charge in [0.15, 0.2) is 0 Å². The van der Waals surface area contributed by atoms with Gasteiger partial charge in [-0.25, -0.2) is 8.78 Å². The summed E-state index contributed by atoms with van der Waals surface area (Å²) in [5, 5.41) is 0.616. The van der Waals surface area contributed by atoms with E-state index >= 15 is 0 Å². The minimum atomic E-state index is -0.890. The van der Waals surface area contributed by atoms with Gasteiger partial charge in [0.2, 0.25) is 5.78 Å². The van der Waals surface area contributed by atoms with Crippen molar-refractivity contribution in [2.75, 3.05) is 0 Å². The Kier molecular flexibility index (Phi) is 3.67. The first kappa shape index (κ1) is 14.4. The number of rotatable bonds is 2. The summed E-state index contributed by atoms with van der Waals surface area (Å²) in [6.07, 6.45) is 1.46. The fourth-order valence-corrected chi connectivity index (χ4v) is 2.94. The number of aromatic amines is 1. The van der Waals surface area contributed by atoms with E-state index in [0.717, 1.165) is 16.6 Å². The third-order valence-electron chi connectivity index (χ3n) is 3.12. The Balaban J connectivity index is 2.18. The molecule has 3 rings (SSSR count). The molecule has 3 aromatic rings. The highest BCUT2D eigenvalue weighted by Crippen LogP contribution is 2.27. The molecular formula is C15H7Br2F2NO. The molecular weight excluding hydrogens is 408 g/mol. The molecule has 1 N–H and O–H groups in total. The van der Waals surface area contributed by atoms with Crippen LogP contribution in [0, 0.1) is 11.6 Å². The van der Waals surface area contributed by atoms with E-state index in [9.17, 15) is 13.6 Å². The Labute approximate surface area is 135 Å². The minimum Gasteiger partial charge on any atom is -0.360 e. The van der Waals surface area contributed by atoms with Gasteiger partial charge in [0.25, 0.3) is 0 Å². The number of carbonyl (C=O) groups is 1. The lowest BCUT2D eigenvalue weighted by atomic mass is 10.0. The molecule has 1 heterocycles. The van der Waals surface area contributed by atoms with Crippen LogP contribution in [-0.2, 0) is 0 Å². The molecule has 106 valence electrons. The first-order valence-electron chi connectivity index (χ1n) is 5.93. The van der Waals surface area contributed by atoms with Crippen LogP contribution in [0.4, 0.5) is 8.78 Å². The van der Waals surface area contributed by atoms with E-state index in [1.54, 1.807) is 18.2 Å². The van der Waals surface area contributed by atoms with Gasteiger partial charge in [0.1, 0.15) is 11.6 Å². The van der Waals surface area contributed by atoms with E-state index < -0.39 is 23.0 Å². The zero-order valence-corrected chi connectivity index (χ0v) is 13.6. The summed E-state index contributed by atoms with van der Waals surface area (Å²) in [6, 6.07) is 7.42. The van der Waals surface area contributed by atoms with E-state index in [0.29, 0.717) is 10.9 Å². The maximum atomic E-state index is 13.9. The molecule has 0 aliphatic rings. The SMILES string of the molecule is O=C(c1c(F)cc(Br)cc1F)c1c[nH]c2cc(Br)ccc12. The lowest BCUT2D eigenvalue weighted by molar-refractivity contribution is 0.103. The van der Waals surface area contributed by atoms with Crippen molar-refractivity contribution in [3.8, 4) is 0 Å². The highest BCUT2D eigenvalue weighted by Gasteiger charge is 2.22. The quantitative estimate of drug-likeness (QED) is 0.574. The number of ketones is 1. The monoisotopic (exact) mass is 413 g/mol. The smallest absolute Gasteiger partial charge is 0.201 e. The van der Waals surface area contributed by atoms with E-state index in [2.05, 4.69) is 36.8 Å². The van der Waals surface area contributed by atoms with Gasteiger partial charge < -0.3 is 4.98 Å². The van der Waals surface area contributed by atoms with Gasteiger partial charge in [-0.15, -0.1) is 0 Å². The van der Waals surface area contributed by atoms with Crippen LogP contribution in [0.2, 0.25) is 0 Å². The third-order valence-corrected chi connectivity index (χ3v) is 4.07. The zero-order valence-electron chi connectivity index (χ0n) is 10.4. The highest BCUT2D eigenvalue weighted by atomic mass is 79.9. The number of fused-ring (bicyclic) bond motifs is 1. The van der Waals surface area contributed by atoms with E-state index in [1.165, 1.54) is 6.20 Å². The van der Waals surface area contributed by atoms with Gasteiger partial charge in [-0.2, -0.15) is 0 Å². The molecule has 1 aromatic heterocycles. The molecule has 0 aliphatic carbocycles. The van der Waals surface area contributed by atoms with Gasteiger partial charge in [0, 0.05) is 31.6 Å². The number of benzene rings is 2. The average molecular weight is 415 g/mol. The predicted molar refractivity (Wildman–Crippen MR) is 83.5 cm³/mol. The molecule has 2 nitrogen and oxygen atoms in total. The first-order valence-corrected chi connectivity index (χ1v) is 7.52. The van der Waals surface area contributed by atoms with Crippen molar-refractivity contribution < 1.29 is 13.6 Å². The Hall–Kier alpha value is -1.53. The largest absolute Gasteiger partial charge is 0.360 e. The molecule has 21 heavy (non-hydrogen) atoms. The molecule has 0 saturated carbocycles. The van der Waals surface area contributed by atoms with Crippen LogP contribution >= 0.6 is 31.9 Å². The fourth-order valence-electron chi connectivity index (χ4n) is 2.18. The highest BCUT2D eigenvalue weighted by molar-refractivity contribution is 9.10. The molecule has 2 aromatic carbocycles. The summed E-state index contributed by atoms with van der Waals surface area (Å²) < 4.78 is 28.9. The Morgan fingerprint density at radius 1 is 1.00 bits per heavy atom. The topological polar surface area (TPSA) is 32.9 Å². The third kappa shape index (κ3) is 2.53. The summed E-state index contributed by atoms with van der Waals surface area (Å²) >= 11 is 6.31. The normalized spacial score (nSPS) is 11.0. The van der Waals surface area contributed by atoms with Crippen molar-refractivity contribution in [2.24, 2.45) is 0 Å². The first-order chi connectivity index (χ1) is 9.97. The van der Waals surface area contributed by atoms with Crippen LogP contribution in [0.3, 0.4) is 0 Å². The van der Waals surface area contributed by atoms with Crippen molar-refractivity contribution in [1.29, 1.82) is 0 Å². The Morgan fingerprint density at radius 3 is 2.33 bits per heavy atom. The predicted octanol–water partition coefficient (Wildman–Crippen LogP) is 5.20. The summed E-state index contributed by atoms with van der Waals surface area (Å²) in [5.41, 5.74) is 0.394. The van der Waals surface area contributed by atoms with E-state index in [4.69, 9.17) is 0 Å². The van der Waals surface area contributed by atoms with Crippen LogP contribution in [0.15, 0.2) is 45.5 Å². The van der Waals surface area contributed by atoms with Crippen LogP contribution in [0.5, 0.6) is 0 Å². The van der Waals surface area contributed by atoms with Gasteiger partial charge in [-0.05, 0) is 24.3 Å². The standard InChI is InChI=1S/C15H7Br2F2NO/c16-7-1-2-9-10(6-20-13(9)5-7)15(21)14-11(18)3-8(17)4-12(14)19/h1-6,20H. The summed E-state index contributed by atoms with van der Waals surface area (Å²) in [6.45, 7) is 0. The zero-order chi connectivity index (χ0) is 15.1. The number of H-pyrrole nitrogens is 1. The van der Waals surface area contributed by atoms with Crippen molar-refractivity contribution >= 4 is 48.5 Å². The summed E-state index contributed by atoms with van der Waals surface area (Å²) in [7, 11) is 0. The number of hydrogen-bond donors (Lipinski definition) is 1. The fraction of sp³-hybridized carbons (Fsp3) is 0. The van der Waals surface area contributed by atoms with E-state index in [1.807, 2.05) is 0 Å². The maximum absolute atomic E-state index is 13.9. The van der Waals surface area contributed by atoms with Crippen molar-refractivity contribution in [3.05, 3.63) is 68.2 Å². The van der Waals surface area contributed by atoms with Crippen molar-refractivity contribution in [1.82, 2.24) is 4.98 Å². The molecule has 0 radical (unpaired) electrons. The lowest BCUT2D eigenvalue weighted by Gasteiger charge is -2.04. The molecule has 0 unspecified atom stereocenters. The lowest BCUT2D eigenvalue weighted by Crippen LogP contribution is -2.07. The Morgan fingerprint density at radius 2 is 1.67 bits per heavy atom. The second-order valence-electron chi connectivity index (χ2n) is 4.47. The second-order valence-corrected chi connectivity index (χ2v) is 6.30. The maximum Gasteiger partial charge on any atom is 0.201 e. The van der Waals surface area contributed by atoms with Gasteiger partial charge in [-0.3, -0.25) is 4.79 Å². The molecule has 0 bridgehead atoms. The molecule has 0 spiro atoms. The second kappa shape index (κ2) is 5.35. The van der Waals surface area contributed by atoms with Gasteiger partial charge in [0.05, 0.1) is 5.56 Å². The molecule has 6 heteroatoms. The van der Waals surface area contributed by atoms with Crippen LogP contribution in [-0.4, -0.2) is 10.8 Å². The minimum absolute atomic E-state index is 0.234. The van der Waals surface area contributed by atoms with Crippen molar-refractivity contribution in [3.63, 3.8) is 0 Å². The molecule has 0 fully saturated rings. The van der Waals surface area contributed by atoms with E-state index in [-0.39, 0.29) is 10.0 Å². The van der Waals surface area contributed by atoms with Crippen LogP contribution < -0.4 is 0 Å². The number of carbonyl (C=O) groups excluding carboxylic acids is 1. The van der Waals surface area contributed by atoms with Crippen molar-refractivity contribution in [2.45, 2.75) is 0 Å². The van der Waals surface area contributed by atoms with Crippen LogP contribution in [0.25, 0.3) is 10.9 Å². The number of nitrogens with one attached hydrogen (secondary N) is 1. The summed E-state index contributed by atoms with van der Waals surface area (Å²) in [5.74, 6) is -2.47. The number of aromatic nitrogens is 1. The van der Waals surface area contributed by atoms with Gasteiger partial charge in [-0.1, -0.05) is 37.9 Å². The Bertz CT molecular complexity index is 850. The van der Waals surface area contributed by atoms with Gasteiger partial charge >= 0.3 is 0 Å². The summed E-state index contributed by atoms with van der Waals surface area (Å²) in [4.78, 5) is 15.4. The molecule has 0 amide bonds. The number of hydrogen-bond acceptors (Lipinski definition) is 1. The number of halogens is 4. The van der Waals surface area contributed by atoms with Crippen LogP contribution in [0.1, 0.15) is 15.9 Å². The molecule has 0 saturated heterocycles. The average Bonchev–Trinajstić information content (AvgIpc) is 2.80. The molecule has 0 atom stereocenters.